The minimum absolute atomic E-state index is 0.126. The smallest absolute Gasteiger partial charge is 0.261 e. The fraction of sp³-hybridized carbons (Fsp3) is 0.333. The molecule has 0 saturated carbocycles. The van der Waals surface area contributed by atoms with Gasteiger partial charge in [0.15, 0.2) is 6.61 Å². The molecule has 2 amide bonds. The van der Waals surface area contributed by atoms with E-state index in [1.165, 1.54) is 4.90 Å². The summed E-state index contributed by atoms with van der Waals surface area (Å²) >= 11 is 3.44. The van der Waals surface area contributed by atoms with Crippen LogP contribution in [0.4, 0.5) is 0 Å². The van der Waals surface area contributed by atoms with Crippen LogP contribution >= 0.6 is 15.9 Å². The monoisotopic (exact) mass is 432 g/mol. The molecule has 1 N–H and O–H groups in total. The number of hydrogen-bond acceptors (Lipinski definition) is 3. The highest BCUT2D eigenvalue weighted by molar-refractivity contribution is 9.10. The lowest BCUT2D eigenvalue weighted by atomic mass is 10.1. The largest absolute Gasteiger partial charge is 0.483 e. The minimum atomic E-state index is -0.607. The number of carbonyl (C=O) groups excluding carboxylic acids is 2. The van der Waals surface area contributed by atoms with Crippen molar-refractivity contribution in [2.45, 2.75) is 33.4 Å². The molecule has 5 nitrogen and oxygen atoms in total. The Morgan fingerprint density at radius 1 is 1.19 bits per heavy atom. The van der Waals surface area contributed by atoms with E-state index in [0.717, 1.165) is 21.2 Å². The van der Waals surface area contributed by atoms with Crippen LogP contribution in [-0.4, -0.2) is 36.4 Å². The van der Waals surface area contributed by atoms with Crippen molar-refractivity contribution in [2.75, 3.05) is 13.7 Å². The van der Waals surface area contributed by atoms with Gasteiger partial charge in [0.1, 0.15) is 11.8 Å². The minimum Gasteiger partial charge on any atom is -0.483 e. The normalized spacial score (nSPS) is 11.6. The van der Waals surface area contributed by atoms with Crippen molar-refractivity contribution >= 4 is 27.7 Å². The van der Waals surface area contributed by atoms with Crippen molar-refractivity contribution in [2.24, 2.45) is 0 Å². The molecule has 2 aromatic rings. The topological polar surface area (TPSA) is 58.6 Å². The molecule has 0 spiro atoms. The summed E-state index contributed by atoms with van der Waals surface area (Å²) in [5.41, 5.74) is 3.04. The maximum atomic E-state index is 12.9. The zero-order chi connectivity index (χ0) is 20.0. The summed E-state index contributed by atoms with van der Waals surface area (Å²) in [6.07, 6.45) is 0. The molecule has 0 aliphatic carbocycles. The zero-order valence-electron chi connectivity index (χ0n) is 16.1. The molecular formula is C21H25BrN2O3. The average Bonchev–Trinajstić information content (AvgIpc) is 2.64. The predicted octanol–water partition coefficient (Wildman–Crippen LogP) is 3.61. The third-order valence-electron chi connectivity index (χ3n) is 4.34. The Hall–Kier alpha value is -2.34. The summed E-state index contributed by atoms with van der Waals surface area (Å²) in [7, 11) is 1.56. The molecule has 27 heavy (non-hydrogen) atoms. The first-order valence-corrected chi connectivity index (χ1v) is 9.56. The molecule has 0 radical (unpaired) electrons. The van der Waals surface area contributed by atoms with E-state index in [1.807, 2.05) is 56.3 Å². The van der Waals surface area contributed by atoms with E-state index in [4.69, 9.17) is 4.74 Å². The molecule has 0 aromatic heterocycles. The molecule has 0 aliphatic rings. The molecule has 1 atom stereocenters. The molecule has 0 fully saturated rings. The molecule has 0 saturated heterocycles. The zero-order valence-corrected chi connectivity index (χ0v) is 17.7. The van der Waals surface area contributed by atoms with E-state index < -0.39 is 6.04 Å². The molecule has 2 aromatic carbocycles. The third kappa shape index (κ3) is 5.82. The quantitative estimate of drug-likeness (QED) is 0.726. The average molecular weight is 433 g/mol. The van der Waals surface area contributed by atoms with Crippen molar-refractivity contribution in [3.05, 3.63) is 63.6 Å². The van der Waals surface area contributed by atoms with Crippen LogP contribution in [0.25, 0.3) is 0 Å². The predicted molar refractivity (Wildman–Crippen MR) is 110 cm³/mol. The molecule has 2 rings (SSSR count). The van der Waals surface area contributed by atoms with Crippen LogP contribution in [0, 0.1) is 13.8 Å². The maximum absolute atomic E-state index is 12.9. The first kappa shape index (κ1) is 21.0. The highest BCUT2D eigenvalue weighted by atomic mass is 79.9. The Balaban J connectivity index is 2.15. The van der Waals surface area contributed by atoms with E-state index >= 15 is 0 Å². The van der Waals surface area contributed by atoms with E-state index in [-0.39, 0.29) is 18.4 Å². The highest BCUT2D eigenvalue weighted by Crippen LogP contribution is 2.20. The standard InChI is InChI=1S/C21H25BrN2O3/c1-14-8-9-19(15(2)10-14)27-13-20(25)24(16(3)21(26)23-4)12-17-6-5-7-18(22)11-17/h5-11,16H,12-13H2,1-4H3,(H,23,26). The van der Waals surface area contributed by atoms with Gasteiger partial charge in [-0.3, -0.25) is 9.59 Å². The summed E-state index contributed by atoms with van der Waals surface area (Å²) in [6.45, 7) is 5.86. The van der Waals surface area contributed by atoms with Crippen LogP contribution < -0.4 is 10.1 Å². The summed E-state index contributed by atoms with van der Waals surface area (Å²) in [5.74, 6) is 0.208. The Kier molecular flexibility index (Phi) is 7.42. The maximum Gasteiger partial charge on any atom is 0.261 e. The number of carbonyl (C=O) groups is 2. The van der Waals surface area contributed by atoms with Gasteiger partial charge in [-0.15, -0.1) is 0 Å². The number of hydrogen-bond donors (Lipinski definition) is 1. The van der Waals surface area contributed by atoms with Crippen molar-refractivity contribution in [3.63, 3.8) is 0 Å². The number of ether oxygens (including phenoxy) is 1. The number of halogens is 1. The number of benzene rings is 2. The fourth-order valence-electron chi connectivity index (χ4n) is 2.81. The summed E-state index contributed by atoms with van der Waals surface area (Å²) in [6, 6.07) is 12.9. The van der Waals surface area contributed by atoms with Crippen LogP contribution in [0.2, 0.25) is 0 Å². The Morgan fingerprint density at radius 3 is 2.56 bits per heavy atom. The van der Waals surface area contributed by atoms with E-state index in [0.29, 0.717) is 12.3 Å². The van der Waals surface area contributed by atoms with Crippen molar-refractivity contribution in [1.82, 2.24) is 10.2 Å². The lowest BCUT2D eigenvalue weighted by Gasteiger charge is -2.28. The first-order chi connectivity index (χ1) is 12.8. The molecule has 0 aliphatic heterocycles. The number of likely N-dealkylation sites (N-methyl/N-ethyl adjacent to an activating group) is 1. The second-order valence-electron chi connectivity index (χ2n) is 6.50. The lowest BCUT2D eigenvalue weighted by molar-refractivity contribution is -0.142. The first-order valence-electron chi connectivity index (χ1n) is 8.77. The van der Waals surface area contributed by atoms with Gasteiger partial charge in [-0.2, -0.15) is 0 Å². The van der Waals surface area contributed by atoms with Crippen LogP contribution in [0.5, 0.6) is 5.75 Å². The number of nitrogens with one attached hydrogen (secondary N) is 1. The molecule has 6 heteroatoms. The lowest BCUT2D eigenvalue weighted by Crippen LogP contribution is -2.48. The van der Waals surface area contributed by atoms with Crippen LogP contribution in [0.3, 0.4) is 0 Å². The van der Waals surface area contributed by atoms with Gasteiger partial charge in [0, 0.05) is 18.1 Å². The summed E-state index contributed by atoms with van der Waals surface area (Å²) in [4.78, 5) is 26.5. The SMILES string of the molecule is CNC(=O)C(C)N(Cc1cccc(Br)c1)C(=O)COc1ccc(C)cc1C. The Labute approximate surface area is 168 Å². The molecule has 0 bridgehead atoms. The van der Waals surface area contributed by atoms with Crippen LogP contribution in [0.15, 0.2) is 46.9 Å². The number of rotatable bonds is 7. The molecule has 144 valence electrons. The second-order valence-corrected chi connectivity index (χ2v) is 7.42. The van der Waals surface area contributed by atoms with Gasteiger partial charge >= 0.3 is 0 Å². The highest BCUT2D eigenvalue weighted by Gasteiger charge is 2.26. The Bertz CT molecular complexity index is 823. The van der Waals surface area contributed by atoms with Gasteiger partial charge in [-0.25, -0.2) is 0 Å². The van der Waals surface area contributed by atoms with Crippen molar-refractivity contribution in [1.29, 1.82) is 0 Å². The summed E-state index contributed by atoms with van der Waals surface area (Å²) < 4.78 is 6.65. The molecule has 0 heterocycles. The number of aryl methyl sites for hydroxylation is 2. The van der Waals surface area contributed by atoms with Crippen LogP contribution in [-0.2, 0) is 16.1 Å². The van der Waals surface area contributed by atoms with Crippen LogP contribution in [0.1, 0.15) is 23.6 Å². The Morgan fingerprint density at radius 2 is 1.93 bits per heavy atom. The fourth-order valence-corrected chi connectivity index (χ4v) is 3.25. The van der Waals surface area contributed by atoms with Gasteiger partial charge in [-0.1, -0.05) is 45.8 Å². The van der Waals surface area contributed by atoms with Gasteiger partial charge in [0.2, 0.25) is 5.91 Å². The van der Waals surface area contributed by atoms with E-state index in [1.54, 1.807) is 14.0 Å². The number of nitrogens with zero attached hydrogens (tertiary/aromatic N) is 1. The second kappa shape index (κ2) is 9.55. The van der Waals surface area contributed by atoms with E-state index in [2.05, 4.69) is 21.2 Å². The van der Waals surface area contributed by atoms with Gasteiger partial charge in [-0.05, 0) is 50.1 Å². The summed E-state index contributed by atoms with van der Waals surface area (Å²) in [5, 5.41) is 2.60. The third-order valence-corrected chi connectivity index (χ3v) is 4.83. The molecule has 1 unspecified atom stereocenters. The number of amides is 2. The molecular weight excluding hydrogens is 408 g/mol. The van der Waals surface area contributed by atoms with Gasteiger partial charge in [0.05, 0.1) is 0 Å². The van der Waals surface area contributed by atoms with Gasteiger partial charge < -0.3 is 15.0 Å². The van der Waals surface area contributed by atoms with Crippen molar-refractivity contribution in [3.8, 4) is 5.75 Å². The van der Waals surface area contributed by atoms with Crippen molar-refractivity contribution < 1.29 is 14.3 Å². The van der Waals surface area contributed by atoms with Gasteiger partial charge in [0.25, 0.3) is 5.91 Å². The van der Waals surface area contributed by atoms with E-state index in [9.17, 15) is 9.59 Å².